The van der Waals surface area contributed by atoms with E-state index >= 15 is 0 Å². The van der Waals surface area contributed by atoms with E-state index in [9.17, 15) is 0 Å². The fourth-order valence-corrected chi connectivity index (χ4v) is 1.94. The average molecular weight is 266 g/mol. The minimum atomic E-state index is 0.417. The first kappa shape index (κ1) is 12.9. The third-order valence-corrected chi connectivity index (χ3v) is 3.28. The molecule has 96 valence electrons. The molecule has 1 heterocycles. The van der Waals surface area contributed by atoms with Gasteiger partial charge in [-0.2, -0.15) is 5.10 Å². The van der Waals surface area contributed by atoms with Crippen LogP contribution in [0.25, 0.3) is 0 Å². The predicted molar refractivity (Wildman–Crippen MR) is 71.6 cm³/mol. The van der Waals surface area contributed by atoms with E-state index in [1.165, 1.54) is 0 Å². The van der Waals surface area contributed by atoms with Gasteiger partial charge in [0.25, 0.3) is 0 Å². The number of aryl methyl sites for hydroxylation is 2. The van der Waals surface area contributed by atoms with Crippen molar-refractivity contribution in [2.75, 3.05) is 0 Å². The molecule has 2 rings (SSSR count). The topological polar surface area (TPSA) is 53.1 Å². The quantitative estimate of drug-likeness (QED) is 0.924. The molecule has 0 aliphatic rings. The Labute approximate surface area is 111 Å². The Balaban J connectivity index is 2.06. The molecule has 0 unspecified atom stereocenters. The highest BCUT2D eigenvalue weighted by molar-refractivity contribution is 6.30. The van der Waals surface area contributed by atoms with Gasteiger partial charge in [0.2, 0.25) is 0 Å². The van der Waals surface area contributed by atoms with Crippen molar-refractivity contribution in [2.24, 2.45) is 12.8 Å². The number of aromatic nitrogens is 2. The van der Waals surface area contributed by atoms with Gasteiger partial charge in [0, 0.05) is 19.2 Å². The Kier molecular flexibility index (Phi) is 3.89. The predicted octanol–water partition coefficient (Wildman–Crippen LogP) is 2.42. The number of nitrogens with zero attached hydrogens (tertiary/aromatic N) is 2. The van der Waals surface area contributed by atoms with Crippen LogP contribution >= 0.6 is 11.6 Å². The largest absolute Gasteiger partial charge is 0.489 e. The van der Waals surface area contributed by atoms with Gasteiger partial charge in [-0.15, -0.1) is 0 Å². The molecule has 18 heavy (non-hydrogen) atoms. The van der Waals surface area contributed by atoms with Gasteiger partial charge in [0.05, 0.1) is 5.69 Å². The lowest BCUT2D eigenvalue weighted by Crippen LogP contribution is -1.99. The molecule has 0 atom stereocenters. The van der Waals surface area contributed by atoms with E-state index in [4.69, 9.17) is 22.1 Å². The summed E-state index contributed by atoms with van der Waals surface area (Å²) in [6.45, 7) is 2.87. The third kappa shape index (κ3) is 2.66. The van der Waals surface area contributed by atoms with Gasteiger partial charge in [0.1, 0.15) is 17.5 Å². The number of hydrogen-bond donors (Lipinski definition) is 1. The number of halogens is 1. The first-order chi connectivity index (χ1) is 8.61. The molecule has 0 saturated heterocycles. The zero-order valence-electron chi connectivity index (χ0n) is 10.5. The van der Waals surface area contributed by atoms with E-state index in [1.54, 1.807) is 4.68 Å². The van der Waals surface area contributed by atoms with Gasteiger partial charge in [-0.3, -0.25) is 4.68 Å². The van der Waals surface area contributed by atoms with Crippen LogP contribution in [0.5, 0.6) is 5.75 Å². The Morgan fingerprint density at radius 3 is 2.50 bits per heavy atom. The van der Waals surface area contributed by atoms with Crippen molar-refractivity contribution in [3.8, 4) is 5.75 Å². The van der Waals surface area contributed by atoms with Crippen LogP contribution in [0.15, 0.2) is 24.3 Å². The van der Waals surface area contributed by atoms with Crippen LogP contribution in [0.4, 0.5) is 0 Å². The fourth-order valence-electron chi connectivity index (χ4n) is 1.72. The van der Waals surface area contributed by atoms with Crippen LogP contribution in [0.3, 0.4) is 0 Å². The zero-order chi connectivity index (χ0) is 13.1. The second kappa shape index (κ2) is 5.42. The van der Waals surface area contributed by atoms with Crippen molar-refractivity contribution >= 4 is 11.6 Å². The highest BCUT2D eigenvalue weighted by atomic mass is 35.5. The van der Waals surface area contributed by atoms with Crippen LogP contribution in [0.1, 0.15) is 16.8 Å². The maximum Gasteiger partial charge on any atom is 0.133 e. The van der Waals surface area contributed by atoms with E-state index in [2.05, 4.69) is 5.10 Å². The first-order valence-corrected chi connectivity index (χ1v) is 6.09. The molecule has 0 radical (unpaired) electrons. The Bertz CT molecular complexity index is 534. The molecule has 4 nitrogen and oxygen atoms in total. The summed E-state index contributed by atoms with van der Waals surface area (Å²) in [6, 6.07) is 7.71. The summed E-state index contributed by atoms with van der Waals surface area (Å²) in [5.74, 6) is 0.798. The van der Waals surface area contributed by atoms with E-state index in [0.717, 1.165) is 22.6 Å². The summed E-state index contributed by atoms with van der Waals surface area (Å²) in [6.07, 6.45) is 0. The maximum atomic E-state index is 6.13. The van der Waals surface area contributed by atoms with Crippen LogP contribution in [-0.4, -0.2) is 9.78 Å². The molecule has 0 bridgehead atoms. The molecule has 0 aliphatic heterocycles. The van der Waals surface area contributed by atoms with Crippen molar-refractivity contribution in [3.63, 3.8) is 0 Å². The van der Waals surface area contributed by atoms with Crippen LogP contribution < -0.4 is 10.5 Å². The molecule has 0 fully saturated rings. The number of rotatable bonds is 4. The molecule has 0 spiro atoms. The van der Waals surface area contributed by atoms with Crippen LogP contribution in [0, 0.1) is 6.92 Å². The van der Waals surface area contributed by atoms with E-state index in [-0.39, 0.29) is 0 Å². The second-order valence-electron chi connectivity index (χ2n) is 4.12. The van der Waals surface area contributed by atoms with Gasteiger partial charge in [-0.05, 0) is 24.6 Å². The van der Waals surface area contributed by atoms with Gasteiger partial charge < -0.3 is 10.5 Å². The number of ether oxygens (including phenoxy) is 1. The SMILES string of the molecule is Cc1nn(C)c(Cl)c1COc1ccc(CN)cc1. The minimum absolute atomic E-state index is 0.417. The molecular formula is C13H16ClN3O. The van der Waals surface area contributed by atoms with Crippen LogP contribution in [-0.2, 0) is 20.2 Å². The van der Waals surface area contributed by atoms with Crippen molar-refractivity contribution < 1.29 is 4.74 Å². The lowest BCUT2D eigenvalue weighted by molar-refractivity contribution is 0.305. The lowest BCUT2D eigenvalue weighted by atomic mass is 10.2. The second-order valence-corrected chi connectivity index (χ2v) is 4.47. The summed E-state index contributed by atoms with van der Waals surface area (Å²) in [7, 11) is 1.81. The Hall–Kier alpha value is -1.52. The Morgan fingerprint density at radius 2 is 2.00 bits per heavy atom. The first-order valence-electron chi connectivity index (χ1n) is 5.71. The highest BCUT2D eigenvalue weighted by Gasteiger charge is 2.11. The number of nitrogens with two attached hydrogens (primary N) is 1. The molecule has 2 aromatic rings. The summed E-state index contributed by atoms with van der Waals surface area (Å²) in [5.41, 5.74) is 8.43. The van der Waals surface area contributed by atoms with Crippen molar-refractivity contribution in [1.29, 1.82) is 0 Å². The smallest absolute Gasteiger partial charge is 0.133 e. The summed E-state index contributed by atoms with van der Waals surface area (Å²) < 4.78 is 7.33. The van der Waals surface area contributed by atoms with Gasteiger partial charge in [-0.1, -0.05) is 23.7 Å². The monoisotopic (exact) mass is 265 g/mol. The van der Waals surface area contributed by atoms with Crippen molar-refractivity contribution in [1.82, 2.24) is 9.78 Å². The highest BCUT2D eigenvalue weighted by Crippen LogP contribution is 2.21. The molecule has 1 aromatic carbocycles. The van der Waals surface area contributed by atoms with Gasteiger partial charge in [0.15, 0.2) is 0 Å². The van der Waals surface area contributed by atoms with Crippen molar-refractivity contribution in [3.05, 3.63) is 46.2 Å². The summed E-state index contributed by atoms with van der Waals surface area (Å²) in [4.78, 5) is 0. The van der Waals surface area contributed by atoms with E-state index in [0.29, 0.717) is 18.3 Å². The molecule has 1 aromatic heterocycles. The lowest BCUT2D eigenvalue weighted by Gasteiger charge is -2.06. The van der Waals surface area contributed by atoms with Gasteiger partial charge in [-0.25, -0.2) is 0 Å². The normalized spacial score (nSPS) is 10.7. The van der Waals surface area contributed by atoms with Crippen molar-refractivity contribution in [2.45, 2.75) is 20.1 Å². The molecule has 0 saturated carbocycles. The van der Waals surface area contributed by atoms with E-state index < -0.39 is 0 Å². The number of hydrogen-bond acceptors (Lipinski definition) is 3. The zero-order valence-corrected chi connectivity index (χ0v) is 11.2. The molecule has 0 amide bonds. The van der Waals surface area contributed by atoms with Gasteiger partial charge >= 0.3 is 0 Å². The fraction of sp³-hybridized carbons (Fsp3) is 0.308. The minimum Gasteiger partial charge on any atom is -0.489 e. The molecule has 0 aliphatic carbocycles. The summed E-state index contributed by atoms with van der Waals surface area (Å²) >= 11 is 6.13. The summed E-state index contributed by atoms with van der Waals surface area (Å²) in [5, 5.41) is 4.86. The molecular weight excluding hydrogens is 250 g/mol. The average Bonchev–Trinajstić information content (AvgIpc) is 2.62. The Morgan fingerprint density at radius 1 is 1.33 bits per heavy atom. The third-order valence-electron chi connectivity index (χ3n) is 2.81. The number of benzene rings is 1. The molecule has 5 heteroatoms. The van der Waals surface area contributed by atoms with Crippen LogP contribution in [0.2, 0.25) is 5.15 Å². The standard InChI is InChI=1S/C13H16ClN3O/c1-9-12(13(14)17(2)16-9)8-18-11-5-3-10(7-15)4-6-11/h3-6H,7-8,15H2,1-2H3. The molecule has 2 N–H and O–H groups in total. The maximum absolute atomic E-state index is 6.13. The van der Waals surface area contributed by atoms with E-state index in [1.807, 2.05) is 38.2 Å².